The number of nitrogens with zero attached hydrogens (tertiary/aromatic N) is 1. The fourth-order valence-corrected chi connectivity index (χ4v) is 3.94. The molecular formula is C27H27NO5. The summed E-state index contributed by atoms with van der Waals surface area (Å²) in [5.74, 6) is 6.23. The van der Waals surface area contributed by atoms with Gasteiger partial charge in [-0.15, -0.1) is 0 Å². The fourth-order valence-electron chi connectivity index (χ4n) is 3.94. The summed E-state index contributed by atoms with van der Waals surface area (Å²) in [6.07, 6.45) is -1.72. The number of hydrogen-bond donors (Lipinski definition) is 4. The van der Waals surface area contributed by atoms with E-state index in [1.165, 1.54) is 0 Å². The Balaban J connectivity index is 1.51. The lowest BCUT2D eigenvalue weighted by atomic mass is 9.89. The van der Waals surface area contributed by atoms with Gasteiger partial charge in [-0.05, 0) is 59.9 Å². The Labute approximate surface area is 193 Å². The van der Waals surface area contributed by atoms with Crippen LogP contribution in [0.15, 0.2) is 67.0 Å². The van der Waals surface area contributed by atoms with Gasteiger partial charge in [-0.2, -0.15) is 0 Å². The Morgan fingerprint density at radius 1 is 0.909 bits per heavy atom. The molecule has 0 bridgehead atoms. The van der Waals surface area contributed by atoms with Gasteiger partial charge in [0.15, 0.2) is 0 Å². The number of aliphatic hydroxyl groups excluding tert-OH is 4. The average Bonchev–Trinajstić information content (AvgIpc) is 2.84. The van der Waals surface area contributed by atoms with E-state index in [2.05, 4.69) is 16.8 Å². The van der Waals surface area contributed by atoms with Gasteiger partial charge < -0.3 is 25.2 Å². The van der Waals surface area contributed by atoms with Crippen LogP contribution in [0.5, 0.6) is 0 Å². The molecular weight excluding hydrogens is 418 g/mol. The van der Waals surface area contributed by atoms with Gasteiger partial charge in [0.25, 0.3) is 0 Å². The Morgan fingerprint density at radius 3 is 2.36 bits per heavy atom. The predicted molar refractivity (Wildman–Crippen MR) is 123 cm³/mol. The van der Waals surface area contributed by atoms with Crippen LogP contribution in [0.2, 0.25) is 0 Å². The van der Waals surface area contributed by atoms with Crippen molar-refractivity contribution in [1.82, 2.24) is 4.98 Å². The zero-order chi connectivity index (χ0) is 23.4. The van der Waals surface area contributed by atoms with E-state index in [1.54, 1.807) is 12.4 Å². The smallest absolute Gasteiger partial charge is 0.113 e. The zero-order valence-corrected chi connectivity index (χ0v) is 18.3. The lowest BCUT2D eigenvalue weighted by Gasteiger charge is -2.40. The van der Waals surface area contributed by atoms with Crippen molar-refractivity contribution in [2.45, 2.75) is 43.9 Å². The predicted octanol–water partition coefficient (Wildman–Crippen LogP) is 1.90. The number of pyridine rings is 1. The molecule has 6 heteroatoms. The molecule has 1 saturated heterocycles. The lowest BCUT2D eigenvalue weighted by Crippen LogP contribution is -2.55. The van der Waals surface area contributed by atoms with Crippen LogP contribution in [-0.2, 0) is 11.2 Å². The van der Waals surface area contributed by atoms with E-state index in [1.807, 2.05) is 61.5 Å². The number of hydrogen-bond acceptors (Lipinski definition) is 6. The molecule has 0 unspecified atom stereocenters. The average molecular weight is 446 g/mol. The minimum Gasteiger partial charge on any atom is -0.394 e. The van der Waals surface area contributed by atoms with Crippen LogP contribution in [0, 0.1) is 18.8 Å². The number of benzene rings is 2. The van der Waals surface area contributed by atoms with Gasteiger partial charge in [-0.3, -0.25) is 4.98 Å². The lowest BCUT2D eigenvalue weighted by molar-refractivity contribution is -0.231. The highest BCUT2D eigenvalue weighted by Crippen LogP contribution is 2.33. The molecule has 0 spiro atoms. The molecule has 0 amide bonds. The van der Waals surface area contributed by atoms with Crippen molar-refractivity contribution in [3.63, 3.8) is 0 Å². The second-order valence-corrected chi connectivity index (χ2v) is 8.30. The molecule has 1 fully saturated rings. The minimum atomic E-state index is -1.40. The van der Waals surface area contributed by atoms with Gasteiger partial charge in [-0.25, -0.2) is 0 Å². The number of aryl methyl sites for hydroxylation is 1. The van der Waals surface area contributed by atoms with Crippen molar-refractivity contribution in [1.29, 1.82) is 0 Å². The zero-order valence-electron chi connectivity index (χ0n) is 18.3. The number of aromatic nitrogens is 1. The summed E-state index contributed by atoms with van der Waals surface area (Å²) in [6.45, 7) is 1.57. The molecule has 6 nitrogen and oxygen atoms in total. The topological polar surface area (TPSA) is 103 Å². The second kappa shape index (κ2) is 10.3. The molecule has 4 N–H and O–H groups in total. The maximum Gasteiger partial charge on any atom is 0.113 e. The van der Waals surface area contributed by atoms with Gasteiger partial charge in [0, 0.05) is 23.5 Å². The molecule has 0 saturated carbocycles. The Kier molecular flexibility index (Phi) is 7.19. The van der Waals surface area contributed by atoms with Gasteiger partial charge in [-0.1, -0.05) is 42.2 Å². The SMILES string of the molecule is Cc1ccc([C@@H]2O[C@H](CO)[C@@H](O)[C@H](O)[C@H]2O)cc1Cc1ccc(C#Cc2cccnc2)cc1. The molecule has 170 valence electrons. The van der Waals surface area contributed by atoms with E-state index < -0.39 is 37.1 Å². The molecule has 1 aromatic heterocycles. The fraction of sp³-hybridized carbons (Fsp3) is 0.296. The van der Waals surface area contributed by atoms with Crippen molar-refractivity contribution >= 4 is 0 Å². The van der Waals surface area contributed by atoms with Gasteiger partial charge in [0.1, 0.15) is 30.5 Å². The Hall–Kier alpha value is -3.05. The molecule has 2 aromatic carbocycles. The van der Waals surface area contributed by atoms with Crippen LogP contribution in [-0.4, -0.2) is 56.4 Å². The highest BCUT2D eigenvalue weighted by Gasteiger charge is 2.43. The van der Waals surface area contributed by atoms with Crippen molar-refractivity contribution < 1.29 is 25.2 Å². The summed E-state index contributed by atoms with van der Waals surface area (Å²) in [5.41, 5.74) is 5.71. The summed E-state index contributed by atoms with van der Waals surface area (Å²) in [6, 6.07) is 17.5. The van der Waals surface area contributed by atoms with Crippen molar-refractivity contribution in [3.05, 3.63) is 100 Å². The van der Waals surface area contributed by atoms with Crippen molar-refractivity contribution in [2.24, 2.45) is 0 Å². The van der Waals surface area contributed by atoms with E-state index in [0.29, 0.717) is 12.0 Å². The largest absolute Gasteiger partial charge is 0.394 e. The van der Waals surface area contributed by atoms with E-state index in [0.717, 1.165) is 27.8 Å². The minimum absolute atomic E-state index is 0.448. The summed E-state index contributed by atoms with van der Waals surface area (Å²) in [4.78, 5) is 4.06. The van der Waals surface area contributed by atoms with Gasteiger partial charge in [0.05, 0.1) is 6.61 Å². The van der Waals surface area contributed by atoms with Crippen LogP contribution in [0.1, 0.15) is 39.5 Å². The van der Waals surface area contributed by atoms with Crippen LogP contribution in [0.4, 0.5) is 0 Å². The second-order valence-electron chi connectivity index (χ2n) is 8.30. The maximum atomic E-state index is 10.5. The molecule has 0 aliphatic carbocycles. The van der Waals surface area contributed by atoms with Crippen molar-refractivity contribution in [2.75, 3.05) is 6.61 Å². The highest BCUT2D eigenvalue weighted by molar-refractivity contribution is 5.44. The standard InChI is InChI=1S/C27H27NO5/c1-17-4-11-21(27-26(32)25(31)24(30)23(16-29)33-27)14-22(17)13-19-8-5-18(6-9-19)7-10-20-3-2-12-28-15-20/h2-6,8-9,11-12,14-15,23-27,29-32H,13,16H2,1H3/t23-,24-,25+,26-,27+/m1/s1. The van der Waals surface area contributed by atoms with E-state index in [-0.39, 0.29) is 0 Å². The maximum absolute atomic E-state index is 10.5. The first-order chi connectivity index (χ1) is 16.0. The van der Waals surface area contributed by atoms with Crippen molar-refractivity contribution in [3.8, 4) is 11.8 Å². The van der Waals surface area contributed by atoms with E-state index >= 15 is 0 Å². The third-order valence-electron chi connectivity index (χ3n) is 5.96. The molecule has 3 aromatic rings. The summed E-state index contributed by atoms with van der Waals surface area (Å²) >= 11 is 0. The van der Waals surface area contributed by atoms with Crippen LogP contribution < -0.4 is 0 Å². The third kappa shape index (κ3) is 5.31. The summed E-state index contributed by atoms with van der Waals surface area (Å²) in [7, 11) is 0. The molecule has 4 rings (SSSR count). The molecule has 33 heavy (non-hydrogen) atoms. The molecule has 0 radical (unpaired) electrons. The monoisotopic (exact) mass is 445 g/mol. The molecule has 2 heterocycles. The first kappa shape index (κ1) is 23.1. The van der Waals surface area contributed by atoms with Crippen LogP contribution in [0.3, 0.4) is 0 Å². The summed E-state index contributed by atoms with van der Waals surface area (Å²) < 4.78 is 5.71. The number of rotatable bonds is 4. The number of ether oxygens (including phenoxy) is 1. The molecule has 1 aliphatic heterocycles. The first-order valence-electron chi connectivity index (χ1n) is 10.9. The normalized spacial score (nSPS) is 24.7. The van der Waals surface area contributed by atoms with Gasteiger partial charge >= 0.3 is 0 Å². The number of aliphatic hydroxyl groups is 4. The Morgan fingerprint density at radius 2 is 1.67 bits per heavy atom. The molecule has 1 aliphatic rings. The Bertz CT molecular complexity index is 1130. The van der Waals surface area contributed by atoms with E-state index in [9.17, 15) is 20.4 Å². The summed E-state index contributed by atoms with van der Waals surface area (Å²) in [5, 5.41) is 40.1. The highest BCUT2D eigenvalue weighted by atomic mass is 16.5. The third-order valence-corrected chi connectivity index (χ3v) is 5.96. The quantitative estimate of drug-likeness (QED) is 0.458. The van der Waals surface area contributed by atoms with E-state index in [4.69, 9.17) is 4.74 Å². The first-order valence-corrected chi connectivity index (χ1v) is 10.9. The van der Waals surface area contributed by atoms with Gasteiger partial charge in [0.2, 0.25) is 0 Å². The van der Waals surface area contributed by atoms with Crippen LogP contribution >= 0.6 is 0 Å². The van der Waals surface area contributed by atoms with Crippen LogP contribution in [0.25, 0.3) is 0 Å². The molecule has 5 atom stereocenters.